The summed E-state index contributed by atoms with van der Waals surface area (Å²) in [6, 6.07) is 23.2. The number of rotatable bonds is 9. The lowest BCUT2D eigenvalue weighted by Gasteiger charge is -2.40. The van der Waals surface area contributed by atoms with E-state index in [2.05, 4.69) is 4.90 Å². The number of carbonyl (C=O) groups excluding carboxylic acids is 2. The largest absolute Gasteiger partial charge is 0.492 e. The third-order valence-electron chi connectivity index (χ3n) is 8.14. The van der Waals surface area contributed by atoms with Gasteiger partial charge in [0.1, 0.15) is 30.2 Å². The Bertz CT molecular complexity index is 1400. The predicted molar refractivity (Wildman–Crippen MR) is 161 cm³/mol. The number of nitrogens with two attached hydrogens (primary N) is 1. The number of nitrogens with zero attached hydrogens (tertiary/aromatic N) is 2. The minimum Gasteiger partial charge on any atom is -0.492 e. The number of anilines is 1. The fourth-order valence-corrected chi connectivity index (χ4v) is 5.55. The number of amides is 1. The van der Waals surface area contributed by atoms with Crippen molar-refractivity contribution in [1.29, 1.82) is 5.41 Å². The van der Waals surface area contributed by atoms with Crippen molar-refractivity contribution in [3.8, 4) is 5.75 Å². The minimum absolute atomic E-state index is 0.0385. The van der Waals surface area contributed by atoms with Gasteiger partial charge in [-0.2, -0.15) is 0 Å². The Kier molecular flexibility index (Phi) is 8.95. The van der Waals surface area contributed by atoms with Gasteiger partial charge in [0.25, 0.3) is 0 Å². The van der Waals surface area contributed by atoms with Crippen LogP contribution in [0.4, 0.5) is 10.5 Å². The molecule has 3 N–H and O–H groups in total. The van der Waals surface area contributed by atoms with Crippen molar-refractivity contribution >= 4 is 23.6 Å². The molecule has 0 unspecified atom stereocenters. The highest BCUT2D eigenvalue weighted by molar-refractivity contribution is 5.95. The van der Waals surface area contributed by atoms with Crippen LogP contribution < -0.4 is 15.4 Å². The molecule has 2 aliphatic heterocycles. The van der Waals surface area contributed by atoms with E-state index in [0.29, 0.717) is 56.9 Å². The van der Waals surface area contributed by atoms with Crippen molar-refractivity contribution in [2.75, 3.05) is 37.7 Å². The monoisotopic (exact) mass is 570 g/mol. The zero-order valence-corrected chi connectivity index (χ0v) is 24.0. The Hall–Kier alpha value is -4.53. The van der Waals surface area contributed by atoms with E-state index >= 15 is 0 Å². The maximum Gasteiger partial charge on any atom is 0.410 e. The summed E-state index contributed by atoms with van der Waals surface area (Å²) in [5.41, 5.74) is 9.70. The van der Waals surface area contributed by atoms with Gasteiger partial charge in [0, 0.05) is 37.4 Å². The molecule has 5 rings (SSSR count). The Balaban J connectivity index is 1.21. The Morgan fingerprint density at radius 2 is 1.67 bits per heavy atom. The molecule has 3 aromatic rings. The summed E-state index contributed by atoms with van der Waals surface area (Å²) in [5, 5.41) is 7.61. The molecular formula is C33H38N4O5. The number of amidine groups is 1. The normalized spacial score (nSPS) is 15.8. The number of nitrogen functional groups attached to an aromatic ring is 1. The van der Waals surface area contributed by atoms with Gasteiger partial charge >= 0.3 is 12.1 Å². The molecular weight excluding hydrogens is 532 g/mol. The molecule has 0 atom stereocenters. The van der Waals surface area contributed by atoms with Crippen molar-refractivity contribution < 1.29 is 23.8 Å². The maximum absolute atomic E-state index is 13.2. The SMILES string of the molecule is CCOC(=O)C1(COc2ccc3c(c2)CN(C(=O)OCc2ccccc2)CC3)CCN(c2ccc(C(=N)N)cc2)CC1. The second-order valence-corrected chi connectivity index (χ2v) is 10.9. The van der Waals surface area contributed by atoms with Gasteiger partial charge in [-0.3, -0.25) is 10.2 Å². The fraction of sp³-hybridized carbons (Fsp3) is 0.364. The zero-order valence-electron chi connectivity index (χ0n) is 24.0. The van der Waals surface area contributed by atoms with E-state index in [1.54, 1.807) is 4.90 Å². The van der Waals surface area contributed by atoms with Crippen molar-refractivity contribution in [3.05, 3.63) is 95.1 Å². The molecule has 0 saturated carbocycles. The average molecular weight is 571 g/mol. The molecule has 9 nitrogen and oxygen atoms in total. The van der Waals surface area contributed by atoms with E-state index in [-0.39, 0.29) is 31.1 Å². The topological polar surface area (TPSA) is 118 Å². The number of piperidine rings is 1. The summed E-state index contributed by atoms with van der Waals surface area (Å²) in [4.78, 5) is 29.9. The van der Waals surface area contributed by atoms with Crippen LogP contribution >= 0.6 is 0 Å². The van der Waals surface area contributed by atoms with Gasteiger partial charge < -0.3 is 29.7 Å². The molecule has 0 spiro atoms. The molecule has 1 saturated heterocycles. The number of ether oxygens (including phenoxy) is 3. The minimum atomic E-state index is -0.755. The van der Waals surface area contributed by atoms with E-state index in [9.17, 15) is 9.59 Å². The molecule has 2 aliphatic rings. The molecule has 1 fully saturated rings. The number of hydrogen-bond donors (Lipinski definition) is 2. The second-order valence-electron chi connectivity index (χ2n) is 10.9. The lowest BCUT2D eigenvalue weighted by atomic mass is 9.79. The van der Waals surface area contributed by atoms with Gasteiger partial charge in [0.05, 0.1) is 6.61 Å². The highest BCUT2D eigenvalue weighted by atomic mass is 16.6. The number of hydrogen-bond acceptors (Lipinski definition) is 7. The van der Waals surface area contributed by atoms with Crippen LogP contribution in [0.15, 0.2) is 72.8 Å². The van der Waals surface area contributed by atoms with Crippen LogP contribution in [-0.2, 0) is 33.8 Å². The third-order valence-corrected chi connectivity index (χ3v) is 8.14. The summed E-state index contributed by atoms with van der Waals surface area (Å²) >= 11 is 0. The van der Waals surface area contributed by atoms with Crippen molar-refractivity contribution in [1.82, 2.24) is 4.90 Å². The van der Waals surface area contributed by atoms with Crippen LogP contribution in [0, 0.1) is 10.8 Å². The van der Waals surface area contributed by atoms with Crippen LogP contribution in [0.2, 0.25) is 0 Å². The Labute approximate surface area is 246 Å². The predicted octanol–water partition coefficient (Wildman–Crippen LogP) is 4.89. The lowest BCUT2D eigenvalue weighted by Crippen LogP contribution is -2.48. The quantitative estimate of drug-likeness (QED) is 0.214. The highest BCUT2D eigenvalue weighted by Crippen LogP contribution is 2.36. The molecule has 1 amide bonds. The molecule has 42 heavy (non-hydrogen) atoms. The molecule has 0 radical (unpaired) electrons. The first-order chi connectivity index (χ1) is 20.4. The van der Waals surface area contributed by atoms with Gasteiger partial charge in [-0.25, -0.2) is 4.79 Å². The third kappa shape index (κ3) is 6.67. The van der Waals surface area contributed by atoms with E-state index in [4.69, 9.17) is 25.4 Å². The molecule has 2 heterocycles. The number of carbonyl (C=O) groups is 2. The highest BCUT2D eigenvalue weighted by Gasteiger charge is 2.44. The fourth-order valence-electron chi connectivity index (χ4n) is 5.55. The standard InChI is InChI=1S/C33H38N4O5/c1-2-40-31(38)33(15-18-36(19-16-33)28-11-8-26(9-12-28)30(34)35)23-42-29-13-10-25-14-17-37(21-27(25)20-29)32(39)41-22-24-6-4-3-5-7-24/h3-13,20H,2,14-19,21-23H2,1H3,(H3,34,35). The average Bonchev–Trinajstić information content (AvgIpc) is 3.03. The lowest BCUT2D eigenvalue weighted by molar-refractivity contribution is -0.159. The number of nitrogens with one attached hydrogen (secondary N) is 1. The first-order valence-electron chi connectivity index (χ1n) is 14.4. The maximum atomic E-state index is 13.2. The van der Waals surface area contributed by atoms with Crippen LogP contribution in [-0.4, -0.2) is 55.6 Å². The number of esters is 1. The summed E-state index contributed by atoms with van der Waals surface area (Å²) in [7, 11) is 0. The molecule has 220 valence electrons. The summed E-state index contributed by atoms with van der Waals surface area (Å²) in [6.45, 7) is 4.97. The zero-order chi connectivity index (χ0) is 29.5. The van der Waals surface area contributed by atoms with Gasteiger partial charge in [0.2, 0.25) is 0 Å². The van der Waals surface area contributed by atoms with Gasteiger partial charge in [-0.05, 0) is 79.3 Å². The van der Waals surface area contributed by atoms with Crippen molar-refractivity contribution in [2.45, 2.75) is 39.3 Å². The Morgan fingerprint density at radius 3 is 2.36 bits per heavy atom. The van der Waals surface area contributed by atoms with Crippen molar-refractivity contribution in [3.63, 3.8) is 0 Å². The summed E-state index contributed by atoms with van der Waals surface area (Å²) in [5.74, 6) is 0.470. The number of fused-ring (bicyclic) bond motifs is 1. The molecule has 0 aromatic heterocycles. The molecule has 3 aromatic carbocycles. The number of benzene rings is 3. The van der Waals surface area contributed by atoms with Gasteiger partial charge in [-0.1, -0.05) is 36.4 Å². The van der Waals surface area contributed by atoms with E-state index in [0.717, 1.165) is 23.2 Å². The second kappa shape index (κ2) is 13.0. The first kappa shape index (κ1) is 29.0. The van der Waals surface area contributed by atoms with Crippen LogP contribution in [0.1, 0.15) is 42.0 Å². The van der Waals surface area contributed by atoms with Gasteiger partial charge in [-0.15, -0.1) is 0 Å². The molecule has 0 bridgehead atoms. The van der Waals surface area contributed by atoms with Gasteiger partial charge in [0.15, 0.2) is 0 Å². The molecule has 0 aliphatic carbocycles. The van der Waals surface area contributed by atoms with Crippen molar-refractivity contribution in [2.24, 2.45) is 11.1 Å². The Morgan fingerprint density at radius 1 is 0.929 bits per heavy atom. The summed E-state index contributed by atoms with van der Waals surface area (Å²) < 4.78 is 17.3. The van der Waals surface area contributed by atoms with Crippen LogP contribution in [0.25, 0.3) is 0 Å². The molecule has 9 heteroatoms. The van der Waals surface area contributed by atoms with E-state index in [1.165, 1.54) is 5.56 Å². The smallest absolute Gasteiger partial charge is 0.410 e. The summed E-state index contributed by atoms with van der Waals surface area (Å²) in [6.07, 6.45) is 1.59. The van der Waals surface area contributed by atoms with E-state index < -0.39 is 5.41 Å². The van der Waals surface area contributed by atoms with Crippen LogP contribution in [0.3, 0.4) is 0 Å². The van der Waals surface area contributed by atoms with E-state index in [1.807, 2.05) is 79.7 Å². The van der Waals surface area contributed by atoms with Crippen LogP contribution in [0.5, 0.6) is 5.75 Å². The first-order valence-corrected chi connectivity index (χ1v) is 14.4.